The number of benzene rings is 2. The fourth-order valence-electron chi connectivity index (χ4n) is 6.72. The Balaban J connectivity index is 1.34. The van der Waals surface area contributed by atoms with Crippen molar-refractivity contribution in [2.75, 3.05) is 13.1 Å². The summed E-state index contributed by atoms with van der Waals surface area (Å²) in [6.07, 6.45) is 5.33. The molecule has 6 heteroatoms. The van der Waals surface area contributed by atoms with Crippen molar-refractivity contribution in [3.05, 3.63) is 81.0 Å². The Hall–Kier alpha value is -2.96. The fraction of sp³-hybridized carbons (Fsp3) is 0.407. The molecule has 0 amide bonds. The van der Waals surface area contributed by atoms with E-state index in [1.54, 1.807) is 12.1 Å². The third-order valence-corrected chi connectivity index (χ3v) is 8.37. The summed E-state index contributed by atoms with van der Waals surface area (Å²) in [6, 6.07) is 15.6. The molecule has 0 radical (unpaired) electrons. The van der Waals surface area contributed by atoms with Crippen LogP contribution in [0.2, 0.25) is 0 Å². The van der Waals surface area contributed by atoms with Crippen molar-refractivity contribution < 1.29 is 10.0 Å². The number of nitrogens with one attached hydrogen (secondary N) is 1. The van der Waals surface area contributed by atoms with Gasteiger partial charge in [0.15, 0.2) is 0 Å². The Morgan fingerprint density at radius 1 is 1.18 bits per heavy atom. The van der Waals surface area contributed by atoms with Crippen LogP contribution in [0.5, 0.6) is 0 Å². The molecular formula is C27H29N3O3. The monoisotopic (exact) mass is 443 g/mol. The van der Waals surface area contributed by atoms with Crippen molar-refractivity contribution in [2.45, 2.75) is 44.2 Å². The van der Waals surface area contributed by atoms with Gasteiger partial charge in [-0.15, -0.1) is 0 Å². The number of non-ortho nitro benzene ring substituents is 1. The minimum Gasteiger partial charge on any atom is -0.389 e. The number of aliphatic hydroxyl groups is 1. The number of aromatic amines is 1. The van der Waals surface area contributed by atoms with Gasteiger partial charge in [-0.3, -0.25) is 15.0 Å². The van der Waals surface area contributed by atoms with E-state index in [0.717, 1.165) is 61.0 Å². The van der Waals surface area contributed by atoms with Gasteiger partial charge in [-0.1, -0.05) is 48.5 Å². The van der Waals surface area contributed by atoms with Crippen LogP contribution < -0.4 is 0 Å². The van der Waals surface area contributed by atoms with Crippen molar-refractivity contribution in [3.8, 4) is 0 Å². The lowest BCUT2D eigenvalue weighted by atomic mass is 9.64. The van der Waals surface area contributed by atoms with Crippen LogP contribution in [0.15, 0.2) is 54.1 Å². The summed E-state index contributed by atoms with van der Waals surface area (Å²) in [5, 5.41) is 23.6. The number of nitrogens with zero attached hydrogens (tertiary/aromatic N) is 2. The van der Waals surface area contributed by atoms with Crippen LogP contribution in [-0.2, 0) is 12.0 Å². The number of fused-ring (bicyclic) bond motifs is 6. The normalized spacial score (nSPS) is 30.6. The van der Waals surface area contributed by atoms with E-state index in [2.05, 4.69) is 35.0 Å². The average molecular weight is 444 g/mol. The molecular weight excluding hydrogens is 414 g/mol. The van der Waals surface area contributed by atoms with Crippen molar-refractivity contribution >= 4 is 22.7 Å². The second-order valence-corrected chi connectivity index (χ2v) is 10.2. The molecule has 0 spiro atoms. The molecule has 0 bridgehead atoms. The largest absolute Gasteiger partial charge is 0.389 e. The third kappa shape index (κ3) is 3.23. The SMILES string of the molecule is CC12CC3CC(O)/C(=C/c4ccccc4)CC3CN1CCc1c2[nH]c2c([N+](=O)[O-])cccc12. The first-order valence-corrected chi connectivity index (χ1v) is 11.9. The minimum absolute atomic E-state index is 0.148. The van der Waals surface area contributed by atoms with Gasteiger partial charge in [-0.25, -0.2) is 0 Å². The maximum absolute atomic E-state index is 11.6. The minimum atomic E-state index is -0.409. The zero-order chi connectivity index (χ0) is 22.7. The molecule has 33 heavy (non-hydrogen) atoms. The molecule has 1 saturated carbocycles. The summed E-state index contributed by atoms with van der Waals surface area (Å²) in [4.78, 5) is 17.4. The molecule has 1 aliphatic carbocycles. The molecule has 2 N–H and O–H groups in total. The average Bonchev–Trinajstić information content (AvgIpc) is 3.19. The Bertz CT molecular complexity index is 1260. The first-order valence-electron chi connectivity index (χ1n) is 11.9. The number of nitro benzene ring substituents is 1. The summed E-state index contributed by atoms with van der Waals surface area (Å²) in [5.74, 6) is 0.957. The van der Waals surface area contributed by atoms with Gasteiger partial charge in [0.25, 0.3) is 5.69 Å². The van der Waals surface area contributed by atoms with Crippen LogP contribution in [0, 0.1) is 22.0 Å². The first kappa shape index (κ1) is 20.6. The second kappa shape index (κ2) is 7.54. The van der Waals surface area contributed by atoms with Gasteiger partial charge in [-0.2, -0.15) is 0 Å². The lowest BCUT2D eigenvalue weighted by molar-refractivity contribution is -0.383. The Morgan fingerprint density at radius 2 is 2.00 bits per heavy atom. The van der Waals surface area contributed by atoms with Crippen LogP contribution in [0.4, 0.5) is 5.69 Å². The molecule has 1 aromatic heterocycles. The second-order valence-electron chi connectivity index (χ2n) is 10.2. The van der Waals surface area contributed by atoms with E-state index in [4.69, 9.17) is 0 Å². The predicted octanol–water partition coefficient (Wildman–Crippen LogP) is 5.02. The summed E-state index contributed by atoms with van der Waals surface area (Å²) in [6.45, 7) is 4.24. The topological polar surface area (TPSA) is 82.4 Å². The summed E-state index contributed by atoms with van der Waals surface area (Å²) < 4.78 is 0. The maximum atomic E-state index is 11.6. The quantitative estimate of drug-likeness (QED) is 0.430. The summed E-state index contributed by atoms with van der Waals surface area (Å²) in [7, 11) is 0. The molecule has 2 aromatic carbocycles. The number of hydrogen-bond acceptors (Lipinski definition) is 4. The molecule has 3 heterocycles. The molecule has 3 aromatic rings. The standard InChI is InChI=1S/C27H29N3O3/c1-27-15-19-14-24(31)18(12-17-6-3-2-4-7-17)13-20(19)16-29(27)11-10-22-21-8-5-9-23(30(32)33)25(21)28-26(22)27/h2-9,12,19-20,24,28,31H,10-11,13-16H2,1H3/b18-12+. The number of aromatic nitrogens is 1. The molecule has 1 saturated heterocycles. The van der Waals surface area contributed by atoms with Crippen molar-refractivity contribution in [1.82, 2.24) is 9.88 Å². The molecule has 4 atom stereocenters. The zero-order valence-electron chi connectivity index (χ0n) is 18.8. The highest BCUT2D eigenvalue weighted by molar-refractivity contribution is 5.92. The molecule has 2 fully saturated rings. The van der Waals surface area contributed by atoms with E-state index in [9.17, 15) is 15.2 Å². The highest BCUT2D eigenvalue weighted by atomic mass is 16.6. The van der Waals surface area contributed by atoms with E-state index in [1.165, 1.54) is 5.56 Å². The van der Waals surface area contributed by atoms with Gasteiger partial charge in [0.2, 0.25) is 0 Å². The maximum Gasteiger partial charge on any atom is 0.293 e. The van der Waals surface area contributed by atoms with Gasteiger partial charge in [0, 0.05) is 30.2 Å². The van der Waals surface area contributed by atoms with Crippen LogP contribution in [0.1, 0.15) is 43.0 Å². The molecule has 6 nitrogen and oxygen atoms in total. The highest BCUT2D eigenvalue weighted by Gasteiger charge is 2.50. The molecule has 2 aliphatic heterocycles. The Labute approximate surface area is 193 Å². The number of aliphatic hydroxyl groups excluding tert-OH is 1. The summed E-state index contributed by atoms with van der Waals surface area (Å²) in [5.41, 5.74) is 5.26. The number of piperidine rings is 1. The van der Waals surface area contributed by atoms with E-state index in [-0.39, 0.29) is 16.1 Å². The van der Waals surface area contributed by atoms with Gasteiger partial charge in [-0.05, 0) is 61.1 Å². The number of para-hydroxylation sites is 1. The van der Waals surface area contributed by atoms with Gasteiger partial charge in [0.05, 0.1) is 16.6 Å². The molecule has 4 unspecified atom stereocenters. The van der Waals surface area contributed by atoms with E-state index >= 15 is 0 Å². The van der Waals surface area contributed by atoms with E-state index < -0.39 is 6.10 Å². The Morgan fingerprint density at radius 3 is 2.79 bits per heavy atom. The van der Waals surface area contributed by atoms with Gasteiger partial charge >= 0.3 is 0 Å². The van der Waals surface area contributed by atoms with E-state index in [1.807, 2.05) is 24.3 Å². The van der Waals surface area contributed by atoms with Crippen LogP contribution in [-0.4, -0.2) is 39.1 Å². The molecule has 170 valence electrons. The third-order valence-electron chi connectivity index (χ3n) is 8.37. The predicted molar refractivity (Wildman–Crippen MR) is 129 cm³/mol. The van der Waals surface area contributed by atoms with Crippen molar-refractivity contribution in [3.63, 3.8) is 0 Å². The molecule has 3 aliphatic rings. The van der Waals surface area contributed by atoms with E-state index in [0.29, 0.717) is 17.4 Å². The summed E-state index contributed by atoms with van der Waals surface area (Å²) >= 11 is 0. The highest BCUT2D eigenvalue weighted by Crippen LogP contribution is 2.51. The first-order chi connectivity index (χ1) is 15.9. The van der Waals surface area contributed by atoms with Gasteiger partial charge < -0.3 is 10.1 Å². The van der Waals surface area contributed by atoms with Crippen LogP contribution >= 0.6 is 0 Å². The zero-order valence-corrected chi connectivity index (χ0v) is 18.8. The van der Waals surface area contributed by atoms with Crippen molar-refractivity contribution in [2.24, 2.45) is 11.8 Å². The fourth-order valence-corrected chi connectivity index (χ4v) is 6.72. The van der Waals surface area contributed by atoms with Gasteiger partial charge in [0.1, 0.15) is 5.52 Å². The number of hydrogen-bond donors (Lipinski definition) is 2. The smallest absolute Gasteiger partial charge is 0.293 e. The van der Waals surface area contributed by atoms with Crippen LogP contribution in [0.3, 0.4) is 0 Å². The number of H-pyrrole nitrogens is 1. The number of rotatable bonds is 2. The lowest BCUT2D eigenvalue weighted by Crippen LogP contribution is -2.57. The molecule has 6 rings (SSSR count). The Kier molecular flexibility index (Phi) is 4.71. The van der Waals surface area contributed by atoms with Crippen LogP contribution in [0.25, 0.3) is 17.0 Å². The number of nitro groups is 1. The lowest BCUT2D eigenvalue weighted by Gasteiger charge is -2.55. The van der Waals surface area contributed by atoms with Crippen molar-refractivity contribution in [1.29, 1.82) is 0 Å².